The first-order valence-corrected chi connectivity index (χ1v) is 8.62. The molecule has 1 aliphatic rings. The number of nitrogens with zero attached hydrogens (tertiary/aromatic N) is 1. The van der Waals surface area contributed by atoms with E-state index in [4.69, 9.17) is 0 Å². The minimum Gasteiger partial charge on any atom is -0.351 e. The molecule has 1 aliphatic heterocycles. The Morgan fingerprint density at radius 2 is 2.00 bits per heavy atom. The van der Waals surface area contributed by atoms with Crippen molar-refractivity contribution < 1.29 is 13.2 Å². The van der Waals surface area contributed by atoms with Crippen LogP contribution in [0.2, 0.25) is 0 Å². The molecule has 1 atom stereocenters. The fourth-order valence-electron chi connectivity index (χ4n) is 2.12. The third kappa shape index (κ3) is 4.45. The van der Waals surface area contributed by atoms with E-state index in [9.17, 15) is 13.2 Å². The maximum atomic E-state index is 12.2. The Bertz CT molecular complexity index is 418. The van der Waals surface area contributed by atoms with E-state index in [0.717, 1.165) is 19.3 Å². The van der Waals surface area contributed by atoms with Crippen LogP contribution >= 0.6 is 0 Å². The molecule has 0 aromatic carbocycles. The molecule has 6 heteroatoms. The average molecular weight is 290 g/mol. The van der Waals surface area contributed by atoms with Crippen molar-refractivity contribution in [3.8, 4) is 0 Å². The number of piperidine rings is 1. The van der Waals surface area contributed by atoms with Gasteiger partial charge in [0.15, 0.2) is 0 Å². The number of hydrogen-bond donors (Lipinski definition) is 1. The smallest absolute Gasteiger partial charge is 0.224 e. The summed E-state index contributed by atoms with van der Waals surface area (Å²) in [6.45, 7) is 8.48. The zero-order chi connectivity index (χ0) is 14.7. The minimum absolute atomic E-state index is 0.0251. The Hall–Kier alpha value is -0.620. The molecule has 0 aromatic heterocycles. The van der Waals surface area contributed by atoms with Gasteiger partial charge in [0.1, 0.15) is 0 Å². The molecule has 1 N–H and O–H groups in total. The van der Waals surface area contributed by atoms with E-state index in [-0.39, 0.29) is 23.1 Å². The summed E-state index contributed by atoms with van der Waals surface area (Å²) < 4.78 is 25.2. The summed E-state index contributed by atoms with van der Waals surface area (Å²) >= 11 is 0. The monoisotopic (exact) mass is 290 g/mol. The first-order valence-electron chi connectivity index (χ1n) is 7.01. The standard InChI is InChI=1S/C13H26N2O3S/c1-5-13(3,4)14-12(16)11-8-7-9-15(10-11)19(17,18)6-2/h11H,5-10H2,1-4H3,(H,14,16)/t11-/m0/s1. The van der Waals surface area contributed by atoms with Gasteiger partial charge >= 0.3 is 0 Å². The third-order valence-corrected chi connectivity index (χ3v) is 5.71. The van der Waals surface area contributed by atoms with Crippen LogP contribution in [-0.4, -0.2) is 43.0 Å². The highest BCUT2D eigenvalue weighted by molar-refractivity contribution is 7.89. The van der Waals surface area contributed by atoms with Crippen LogP contribution in [-0.2, 0) is 14.8 Å². The largest absolute Gasteiger partial charge is 0.351 e. The summed E-state index contributed by atoms with van der Waals surface area (Å²) in [5, 5.41) is 3.01. The first kappa shape index (κ1) is 16.4. The summed E-state index contributed by atoms with van der Waals surface area (Å²) in [5.41, 5.74) is -0.233. The van der Waals surface area contributed by atoms with E-state index in [1.807, 2.05) is 20.8 Å². The number of amides is 1. The number of carbonyl (C=O) groups is 1. The maximum absolute atomic E-state index is 12.2. The van der Waals surface area contributed by atoms with Crippen LogP contribution in [0.15, 0.2) is 0 Å². The number of rotatable bonds is 5. The van der Waals surface area contributed by atoms with Crippen molar-refractivity contribution in [1.82, 2.24) is 9.62 Å². The molecule has 1 rings (SSSR count). The molecule has 5 nitrogen and oxygen atoms in total. The van der Waals surface area contributed by atoms with Crippen molar-refractivity contribution in [1.29, 1.82) is 0 Å². The molecule has 1 heterocycles. The maximum Gasteiger partial charge on any atom is 0.224 e. The van der Waals surface area contributed by atoms with Gasteiger partial charge in [0, 0.05) is 18.6 Å². The van der Waals surface area contributed by atoms with Gasteiger partial charge in [-0.15, -0.1) is 0 Å². The molecule has 19 heavy (non-hydrogen) atoms. The van der Waals surface area contributed by atoms with Crippen molar-refractivity contribution in [3.05, 3.63) is 0 Å². The Balaban J connectivity index is 2.68. The van der Waals surface area contributed by atoms with E-state index in [1.165, 1.54) is 4.31 Å². The van der Waals surface area contributed by atoms with Crippen molar-refractivity contribution in [2.24, 2.45) is 5.92 Å². The number of carbonyl (C=O) groups excluding carboxylic acids is 1. The van der Waals surface area contributed by atoms with Crippen molar-refractivity contribution in [3.63, 3.8) is 0 Å². The second-order valence-corrected chi connectivity index (χ2v) is 8.08. The van der Waals surface area contributed by atoms with Crippen LogP contribution in [0.5, 0.6) is 0 Å². The fourth-order valence-corrected chi connectivity index (χ4v) is 3.30. The Kier molecular flexibility index (Phi) is 5.38. The van der Waals surface area contributed by atoms with Gasteiger partial charge in [-0.3, -0.25) is 4.79 Å². The average Bonchev–Trinajstić information content (AvgIpc) is 2.38. The highest BCUT2D eigenvalue weighted by atomic mass is 32.2. The Morgan fingerprint density at radius 1 is 1.37 bits per heavy atom. The van der Waals surface area contributed by atoms with Gasteiger partial charge < -0.3 is 5.32 Å². The number of sulfonamides is 1. The second-order valence-electron chi connectivity index (χ2n) is 5.82. The van der Waals surface area contributed by atoms with Gasteiger partial charge in [0.05, 0.1) is 11.7 Å². The van der Waals surface area contributed by atoms with Crippen LogP contribution in [0.25, 0.3) is 0 Å². The molecule has 112 valence electrons. The number of hydrogen-bond acceptors (Lipinski definition) is 3. The molecule has 0 saturated carbocycles. The molecular weight excluding hydrogens is 264 g/mol. The quantitative estimate of drug-likeness (QED) is 0.831. The molecule has 0 spiro atoms. The van der Waals surface area contributed by atoms with E-state index >= 15 is 0 Å². The fraction of sp³-hybridized carbons (Fsp3) is 0.923. The van der Waals surface area contributed by atoms with Crippen LogP contribution in [0, 0.1) is 5.92 Å². The SMILES string of the molecule is CCC(C)(C)NC(=O)[C@H]1CCCN(S(=O)(=O)CC)C1. The molecule has 1 fully saturated rings. The van der Waals surface area contributed by atoms with Gasteiger partial charge in [-0.1, -0.05) is 6.92 Å². The lowest BCUT2D eigenvalue weighted by Gasteiger charge is -2.33. The van der Waals surface area contributed by atoms with Crippen molar-refractivity contribution in [2.45, 2.75) is 52.5 Å². The van der Waals surface area contributed by atoms with E-state index in [0.29, 0.717) is 13.1 Å². The third-order valence-electron chi connectivity index (χ3n) is 3.86. The van der Waals surface area contributed by atoms with Gasteiger partial charge in [-0.25, -0.2) is 12.7 Å². The lowest BCUT2D eigenvalue weighted by molar-refractivity contribution is -0.127. The molecule has 0 aromatic rings. The van der Waals surface area contributed by atoms with Crippen molar-refractivity contribution in [2.75, 3.05) is 18.8 Å². The van der Waals surface area contributed by atoms with Gasteiger partial charge in [-0.05, 0) is 40.0 Å². The second kappa shape index (κ2) is 6.22. The summed E-state index contributed by atoms with van der Waals surface area (Å²) in [7, 11) is -3.18. The molecular formula is C13H26N2O3S. The molecule has 0 unspecified atom stereocenters. The summed E-state index contributed by atoms with van der Waals surface area (Å²) in [6, 6.07) is 0. The van der Waals surface area contributed by atoms with Crippen LogP contribution in [0.3, 0.4) is 0 Å². The van der Waals surface area contributed by atoms with Crippen LogP contribution in [0.1, 0.15) is 47.0 Å². The molecule has 1 saturated heterocycles. The highest BCUT2D eigenvalue weighted by Crippen LogP contribution is 2.21. The minimum atomic E-state index is -3.18. The van der Waals surface area contributed by atoms with E-state index in [2.05, 4.69) is 5.32 Å². The number of nitrogens with one attached hydrogen (secondary N) is 1. The Labute approximate surface area is 116 Å². The van der Waals surface area contributed by atoms with Gasteiger partial charge in [0.2, 0.25) is 15.9 Å². The van der Waals surface area contributed by atoms with Gasteiger partial charge in [-0.2, -0.15) is 0 Å². The van der Waals surface area contributed by atoms with E-state index < -0.39 is 10.0 Å². The normalized spacial score (nSPS) is 22.2. The molecule has 0 aliphatic carbocycles. The zero-order valence-corrected chi connectivity index (χ0v) is 13.2. The highest BCUT2D eigenvalue weighted by Gasteiger charge is 2.32. The van der Waals surface area contributed by atoms with E-state index in [1.54, 1.807) is 6.92 Å². The summed E-state index contributed by atoms with van der Waals surface area (Å²) in [4.78, 5) is 12.2. The first-order chi connectivity index (χ1) is 8.72. The topological polar surface area (TPSA) is 66.5 Å². The zero-order valence-electron chi connectivity index (χ0n) is 12.4. The van der Waals surface area contributed by atoms with Crippen LogP contribution in [0.4, 0.5) is 0 Å². The molecule has 0 bridgehead atoms. The van der Waals surface area contributed by atoms with Gasteiger partial charge in [0.25, 0.3) is 0 Å². The lowest BCUT2D eigenvalue weighted by Crippen LogP contribution is -2.50. The predicted octanol–water partition coefficient (Wildman–Crippen LogP) is 1.35. The van der Waals surface area contributed by atoms with Crippen molar-refractivity contribution >= 4 is 15.9 Å². The summed E-state index contributed by atoms with van der Waals surface area (Å²) in [5.74, 6) is -0.148. The van der Waals surface area contributed by atoms with Crippen LogP contribution < -0.4 is 5.32 Å². The Morgan fingerprint density at radius 3 is 2.53 bits per heavy atom. The molecule has 0 radical (unpaired) electrons. The predicted molar refractivity (Wildman–Crippen MR) is 76.3 cm³/mol. The lowest BCUT2D eigenvalue weighted by atomic mass is 9.95. The summed E-state index contributed by atoms with van der Waals surface area (Å²) in [6.07, 6.45) is 2.37. The molecule has 1 amide bonds.